The maximum absolute atomic E-state index is 12.0. The molecule has 0 radical (unpaired) electrons. The van der Waals surface area contributed by atoms with Crippen molar-refractivity contribution in [3.05, 3.63) is 36.4 Å². The van der Waals surface area contributed by atoms with E-state index in [0.29, 0.717) is 18.1 Å². The lowest BCUT2D eigenvalue weighted by molar-refractivity contribution is -0.127. The van der Waals surface area contributed by atoms with Crippen LogP contribution in [0.15, 0.2) is 35.5 Å². The standard InChI is InChI=1S/C13H16N4O2S/c1-17(7-12-14-9-15-16-12)13(18)8-20-11-5-3-10(19-2)4-6-11/h3-6,9H,7-8H2,1-2H3,(H,14,15,16). The zero-order valence-corrected chi connectivity index (χ0v) is 12.2. The molecule has 1 aromatic carbocycles. The first kappa shape index (κ1) is 14.4. The molecule has 1 aromatic heterocycles. The van der Waals surface area contributed by atoms with Crippen LogP contribution in [0.5, 0.6) is 5.75 Å². The summed E-state index contributed by atoms with van der Waals surface area (Å²) < 4.78 is 5.09. The Morgan fingerprint density at radius 2 is 2.15 bits per heavy atom. The molecule has 0 aliphatic carbocycles. The molecule has 2 rings (SSSR count). The molecule has 0 bridgehead atoms. The van der Waals surface area contributed by atoms with E-state index in [-0.39, 0.29) is 5.91 Å². The molecule has 2 aromatic rings. The average Bonchev–Trinajstić information content (AvgIpc) is 2.98. The first-order chi connectivity index (χ1) is 9.69. The zero-order chi connectivity index (χ0) is 14.4. The van der Waals surface area contributed by atoms with Crippen molar-refractivity contribution in [3.8, 4) is 5.75 Å². The van der Waals surface area contributed by atoms with E-state index >= 15 is 0 Å². The summed E-state index contributed by atoms with van der Waals surface area (Å²) in [5.41, 5.74) is 0. The van der Waals surface area contributed by atoms with E-state index in [1.54, 1.807) is 19.1 Å². The van der Waals surface area contributed by atoms with E-state index in [1.807, 2.05) is 24.3 Å². The Morgan fingerprint density at radius 3 is 2.75 bits per heavy atom. The van der Waals surface area contributed by atoms with Crippen molar-refractivity contribution < 1.29 is 9.53 Å². The molecular formula is C13H16N4O2S. The van der Waals surface area contributed by atoms with Crippen LogP contribution in [-0.2, 0) is 11.3 Å². The number of nitrogens with one attached hydrogen (secondary N) is 1. The van der Waals surface area contributed by atoms with Gasteiger partial charge in [-0.3, -0.25) is 9.89 Å². The van der Waals surface area contributed by atoms with E-state index in [2.05, 4.69) is 15.2 Å². The molecular weight excluding hydrogens is 276 g/mol. The number of benzene rings is 1. The van der Waals surface area contributed by atoms with Gasteiger partial charge in [0, 0.05) is 11.9 Å². The topological polar surface area (TPSA) is 71.1 Å². The van der Waals surface area contributed by atoms with Crippen molar-refractivity contribution in [2.24, 2.45) is 0 Å². The number of nitrogens with zero attached hydrogens (tertiary/aromatic N) is 3. The molecule has 0 aliphatic heterocycles. The van der Waals surface area contributed by atoms with Crippen LogP contribution in [0.3, 0.4) is 0 Å². The lowest BCUT2D eigenvalue weighted by Gasteiger charge is -2.15. The molecule has 1 heterocycles. The lowest BCUT2D eigenvalue weighted by Crippen LogP contribution is -2.28. The Balaban J connectivity index is 1.81. The van der Waals surface area contributed by atoms with Gasteiger partial charge in [0.1, 0.15) is 17.9 Å². The number of ether oxygens (including phenoxy) is 1. The van der Waals surface area contributed by atoms with Crippen molar-refractivity contribution in [1.29, 1.82) is 0 Å². The summed E-state index contributed by atoms with van der Waals surface area (Å²) in [6, 6.07) is 7.64. The highest BCUT2D eigenvalue weighted by Crippen LogP contribution is 2.21. The van der Waals surface area contributed by atoms with Crippen LogP contribution in [0.1, 0.15) is 5.82 Å². The van der Waals surface area contributed by atoms with Gasteiger partial charge >= 0.3 is 0 Å². The van der Waals surface area contributed by atoms with Gasteiger partial charge in [-0.2, -0.15) is 5.10 Å². The molecule has 1 amide bonds. The second-order valence-corrected chi connectivity index (χ2v) is 5.19. The summed E-state index contributed by atoms with van der Waals surface area (Å²) >= 11 is 1.50. The van der Waals surface area contributed by atoms with Gasteiger partial charge in [0.2, 0.25) is 5.91 Å². The molecule has 1 N–H and O–H groups in total. The van der Waals surface area contributed by atoms with Crippen molar-refractivity contribution >= 4 is 17.7 Å². The van der Waals surface area contributed by atoms with Gasteiger partial charge in [-0.1, -0.05) is 0 Å². The predicted molar refractivity (Wildman–Crippen MR) is 76.6 cm³/mol. The third-order valence-corrected chi connectivity index (χ3v) is 3.70. The Bertz CT molecular complexity index is 542. The zero-order valence-electron chi connectivity index (χ0n) is 11.4. The number of amides is 1. The maximum Gasteiger partial charge on any atom is 0.233 e. The SMILES string of the molecule is COc1ccc(SCC(=O)N(C)Cc2ncn[nH]2)cc1. The summed E-state index contributed by atoms with van der Waals surface area (Å²) in [7, 11) is 3.38. The van der Waals surface area contributed by atoms with E-state index in [9.17, 15) is 4.79 Å². The van der Waals surface area contributed by atoms with E-state index in [0.717, 1.165) is 10.6 Å². The minimum absolute atomic E-state index is 0.0437. The van der Waals surface area contributed by atoms with Crippen LogP contribution in [0.25, 0.3) is 0 Å². The Kier molecular flexibility index (Phi) is 5.00. The third kappa shape index (κ3) is 3.99. The van der Waals surface area contributed by atoms with Crippen molar-refractivity contribution in [2.75, 3.05) is 19.9 Å². The van der Waals surface area contributed by atoms with Crippen LogP contribution in [0, 0.1) is 0 Å². The molecule has 0 aliphatic rings. The van der Waals surface area contributed by atoms with Gasteiger partial charge in [0.15, 0.2) is 0 Å². The van der Waals surface area contributed by atoms with Gasteiger partial charge in [-0.25, -0.2) is 4.98 Å². The molecule has 106 valence electrons. The monoisotopic (exact) mass is 292 g/mol. The second kappa shape index (κ2) is 6.95. The first-order valence-electron chi connectivity index (χ1n) is 6.04. The minimum Gasteiger partial charge on any atom is -0.497 e. The molecule has 0 spiro atoms. The van der Waals surface area contributed by atoms with E-state index < -0.39 is 0 Å². The minimum atomic E-state index is 0.0437. The molecule has 0 saturated heterocycles. The average molecular weight is 292 g/mol. The summed E-state index contributed by atoms with van der Waals surface area (Å²) in [6.07, 6.45) is 1.43. The summed E-state index contributed by atoms with van der Waals surface area (Å²) in [5, 5.41) is 6.49. The molecule has 7 heteroatoms. The smallest absolute Gasteiger partial charge is 0.233 e. The number of thioether (sulfide) groups is 1. The molecule has 0 saturated carbocycles. The number of carbonyl (C=O) groups excluding carboxylic acids is 1. The number of hydrogen-bond donors (Lipinski definition) is 1. The van der Waals surface area contributed by atoms with Gasteiger partial charge in [0.25, 0.3) is 0 Å². The van der Waals surface area contributed by atoms with E-state index in [4.69, 9.17) is 4.74 Å². The highest BCUT2D eigenvalue weighted by atomic mass is 32.2. The molecule has 0 fully saturated rings. The second-order valence-electron chi connectivity index (χ2n) is 4.15. The van der Waals surface area contributed by atoms with Crippen LogP contribution < -0.4 is 4.74 Å². The Hall–Kier alpha value is -2.02. The number of aromatic amines is 1. The largest absolute Gasteiger partial charge is 0.497 e. The maximum atomic E-state index is 12.0. The third-order valence-electron chi connectivity index (χ3n) is 2.70. The van der Waals surface area contributed by atoms with Gasteiger partial charge < -0.3 is 9.64 Å². The fourth-order valence-corrected chi connectivity index (χ4v) is 2.39. The predicted octanol–water partition coefficient (Wildman–Crippen LogP) is 1.56. The van der Waals surface area contributed by atoms with Crippen LogP contribution in [-0.4, -0.2) is 45.9 Å². The van der Waals surface area contributed by atoms with Crippen molar-refractivity contribution in [2.45, 2.75) is 11.4 Å². The molecule has 0 atom stereocenters. The van der Waals surface area contributed by atoms with Crippen molar-refractivity contribution in [1.82, 2.24) is 20.1 Å². The number of aromatic nitrogens is 3. The number of H-pyrrole nitrogens is 1. The molecule has 6 nitrogen and oxygen atoms in total. The fourth-order valence-electron chi connectivity index (χ4n) is 1.55. The normalized spacial score (nSPS) is 10.3. The number of carbonyl (C=O) groups is 1. The number of hydrogen-bond acceptors (Lipinski definition) is 5. The molecule has 0 unspecified atom stereocenters. The quantitative estimate of drug-likeness (QED) is 0.818. The summed E-state index contributed by atoms with van der Waals surface area (Å²) in [4.78, 5) is 18.6. The van der Waals surface area contributed by atoms with Gasteiger partial charge in [-0.15, -0.1) is 11.8 Å². The lowest BCUT2D eigenvalue weighted by atomic mass is 10.3. The summed E-state index contributed by atoms with van der Waals surface area (Å²) in [6.45, 7) is 0.433. The highest BCUT2D eigenvalue weighted by molar-refractivity contribution is 8.00. The highest BCUT2D eigenvalue weighted by Gasteiger charge is 2.11. The van der Waals surface area contributed by atoms with E-state index in [1.165, 1.54) is 18.1 Å². The first-order valence-corrected chi connectivity index (χ1v) is 7.02. The Morgan fingerprint density at radius 1 is 1.40 bits per heavy atom. The molecule has 20 heavy (non-hydrogen) atoms. The fraction of sp³-hybridized carbons (Fsp3) is 0.308. The van der Waals surface area contributed by atoms with Gasteiger partial charge in [0.05, 0.1) is 19.4 Å². The number of rotatable bonds is 6. The van der Waals surface area contributed by atoms with Gasteiger partial charge in [-0.05, 0) is 24.3 Å². The van der Waals surface area contributed by atoms with Crippen LogP contribution in [0.4, 0.5) is 0 Å². The van der Waals surface area contributed by atoms with Crippen LogP contribution in [0.2, 0.25) is 0 Å². The van der Waals surface area contributed by atoms with Crippen LogP contribution >= 0.6 is 11.8 Å². The Labute approximate surface area is 121 Å². The van der Waals surface area contributed by atoms with Crippen molar-refractivity contribution in [3.63, 3.8) is 0 Å². The summed E-state index contributed by atoms with van der Waals surface area (Å²) in [5.74, 6) is 1.91. The number of methoxy groups -OCH3 is 1.